The predicted octanol–water partition coefficient (Wildman–Crippen LogP) is 4.72. The number of aliphatic hydroxyl groups excluding tert-OH is 1. The van der Waals surface area contributed by atoms with Crippen LogP contribution < -0.4 is 15.8 Å². The number of nitrogens with two attached hydrogens (primary N) is 1. The van der Waals surface area contributed by atoms with Crippen molar-refractivity contribution in [3.63, 3.8) is 0 Å². The quantitative estimate of drug-likeness (QED) is 0.474. The van der Waals surface area contributed by atoms with Crippen molar-refractivity contribution in [1.29, 1.82) is 0 Å². The number of carbonyl (C=O) groups excluding carboxylic acids is 1. The summed E-state index contributed by atoms with van der Waals surface area (Å²) in [5, 5.41) is 13.6. The second-order valence-corrected chi connectivity index (χ2v) is 8.43. The number of nitrogens with one attached hydrogen (secondary N) is 1. The van der Waals surface area contributed by atoms with Crippen LogP contribution in [-0.4, -0.2) is 23.7 Å². The Bertz CT molecular complexity index is 1020. The molecule has 1 aliphatic rings. The van der Waals surface area contributed by atoms with E-state index >= 15 is 0 Å². The molecule has 5 nitrogen and oxygen atoms in total. The maximum Gasteiger partial charge on any atom is 0.255 e. The zero-order valence-corrected chi connectivity index (χ0v) is 18.1. The van der Waals surface area contributed by atoms with Gasteiger partial charge in [0.15, 0.2) is 0 Å². The number of ether oxygens (including phenoxy) is 1. The van der Waals surface area contributed by atoms with Crippen LogP contribution in [0.2, 0.25) is 0 Å². The van der Waals surface area contributed by atoms with Crippen molar-refractivity contribution in [2.75, 3.05) is 11.9 Å². The van der Waals surface area contributed by atoms with E-state index in [9.17, 15) is 9.90 Å². The first-order valence-corrected chi connectivity index (χ1v) is 11.2. The summed E-state index contributed by atoms with van der Waals surface area (Å²) in [5.41, 5.74) is 10.3. The van der Waals surface area contributed by atoms with Crippen LogP contribution in [0.25, 0.3) is 0 Å². The number of hydrogen-bond acceptors (Lipinski definition) is 4. The van der Waals surface area contributed by atoms with Gasteiger partial charge >= 0.3 is 0 Å². The van der Waals surface area contributed by atoms with Crippen LogP contribution in [-0.2, 0) is 6.42 Å². The summed E-state index contributed by atoms with van der Waals surface area (Å²) < 4.78 is 5.71. The van der Waals surface area contributed by atoms with Gasteiger partial charge in [0, 0.05) is 17.3 Å². The summed E-state index contributed by atoms with van der Waals surface area (Å²) in [7, 11) is 0. The molecule has 32 heavy (non-hydrogen) atoms. The van der Waals surface area contributed by atoms with Crippen LogP contribution in [0.4, 0.5) is 5.69 Å². The molecule has 0 aromatic heterocycles. The van der Waals surface area contributed by atoms with Gasteiger partial charge in [-0.15, -0.1) is 0 Å². The molecule has 0 saturated heterocycles. The Morgan fingerprint density at radius 3 is 2.53 bits per heavy atom. The maximum absolute atomic E-state index is 12.5. The highest BCUT2D eigenvalue weighted by atomic mass is 16.5. The Morgan fingerprint density at radius 2 is 1.78 bits per heavy atom. The van der Waals surface area contributed by atoms with Gasteiger partial charge in [-0.2, -0.15) is 0 Å². The Labute approximate surface area is 189 Å². The average molecular weight is 431 g/mol. The maximum atomic E-state index is 12.5. The molecule has 5 heteroatoms. The second-order valence-electron chi connectivity index (χ2n) is 8.43. The van der Waals surface area contributed by atoms with Gasteiger partial charge in [-0.1, -0.05) is 42.5 Å². The fourth-order valence-corrected chi connectivity index (χ4v) is 4.38. The number of fused-ring (bicyclic) bond motifs is 1. The number of hydrogen-bond donors (Lipinski definition) is 3. The van der Waals surface area contributed by atoms with Crippen LogP contribution in [0.3, 0.4) is 0 Å². The van der Waals surface area contributed by atoms with E-state index in [1.54, 1.807) is 12.1 Å². The van der Waals surface area contributed by atoms with Gasteiger partial charge in [0.25, 0.3) is 5.91 Å². The smallest absolute Gasteiger partial charge is 0.255 e. The number of aryl methyl sites for hydroxylation is 1. The first kappa shape index (κ1) is 22.1. The first-order chi connectivity index (χ1) is 15.6. The van der Waals surface area contributed by atoms with Crippen LogP contribution in [0.1, 0.15) is 46.8 Å². The van der Waals surface area contributed by atoms with E-state index < -0.39 is 6.10 Å². The lowest BCUT2D eigenvalue weighted by Gasteiger charge is -2.26. The van der Waals surface area contributed by atoms with Gasteiger partial charge in [-0.3, -0.25) is 4.79 Å². The average Bonchev–Trinajstić information content (AvgIpc) is 2.98. The zero-order chi connectivity index (χ0) is 22.3. The summed E-state index contributed by atoms with van der Waals surface area (Å²) in [5.74, 6) is 0.754. The molecule has 0 spiro atoms. The van der Waals surface area contributed by atoms with Crippen LogP contribution in [0.5, 0.6) is 5.75 Å². The normalized spacial score (nSPS) is 18.8. The third-order valence-electron chi connectivity index (χ3n) is 6.09. The number of anilines is 1. The molecule has 0 bridgehead atoms. The van der Waals surface area contributed by atoms with Crippen molar-refractivity contribution in [3.8, 4) is 5.75 Å². The molecule has 1 aliphatic carbocycles. The first-order valence-electron chi connectivity index (χ1n) is 11.2. The SMILES string of the molecule is NC1c2cc(NC(=O)c3ccccc3)ccc2CCCC1C[C@H](O)COc1ccccc1. The van der Waals surface area contributed by atoms with Gasteiger partial charge in [-0.05, 0) is 79.1 Å². The van der Waals surface area contributed by atoms with Crippen molar-refractivity contribution >= 4 is 11.6 Å². The van der Waals surface area contributed by atoms with E-state index in [2.05, 4.69) is 11.4 Å². The summed E-state index contributed by atoms with van der Waals surface area (Å²) in [6.45, 7) is 0.243. The van der Waals surface area contributed by atoms with Crippen LogP contribution in [0, 0.1) is 5.92 Å². The molecule has 0 radical (unpaired) electrons. The number of amides is 1. The van der Waals surface area contributed by atoms with Gasteiger partial charge in [0.05, 0.1) is 6.10 Å². The number of rotatable bonds is 7. The Hall–Kier alpha value is -3.15. The van der Waals surface area contributed by atoms with Crippen LogP contribution in [0.15, 0.2) is 78.9 Å². The van der Waals surface area contributed by atoms with Crippen molar-refractivity contribution in [2.45, 2.75) is 37.8 Å². The lowest BCUT2D eigenvalue weighted by Crippen LogP contribution is -2.28. The second kappa shape index (κ2) is 10.4. The van der Waals surface area contributed by atoms with Crippen molar-refractivity contribution in [3.05, 3.63) is 95.6 Å². The fourth-order valence-electron chi connectivity index (χ4n) is 4.38. The molecule has 3 atom stereocenters. The van der Waals surface area contributed by atoms with Crippen molar-refractivity contribution in [2.24, 2.45) is 11.7 Å². The topological polar surface area (TPSA) is 84.6 Å². The third-order valence-corrected chi connectivity index (χ3v) is 6.09. The third kappa shape index (κ3) is 5.55. The number of benzene rings is 3. The van der Waals surface area contributed by atoms with E-state index in [4.69, 9.17) is 10.5 Å². The number of aliphatic hydroxyl groups is 1. The van der Waals surface area contributed by atoms with Gasteiger partial charge < -0.3 is 20.9 Å². The van der Waals surface area contributed by atoms with E-state index in [1.807, 2.05) is 60.7 Å². The minimum atomic E-state index is -0.589. The lowest BCUT2D eigenvalue weighted by molar-refractivity contribution is 0.0789. The van der Waals surface area contributed by atoms with Gasteiger partial charge in [0.1, 0.15) is 12.4 Å². The van der Waals surface area contributed by atoms with E-state index in [0.717, 1.165) is 36.3 Å². The Morgan fingerprint density at radius 1 is 1.06 bits per heavy atom. The molecular formula is C27H30N2O3. The molecule has 0 saturated carbocycles. The largest absolute Gasteiger partial charge is 0.491 e. The Balaban J connectivity index is 1.42. The molecule has 166 valence electrons. The highest BCUT2D eigenvalue weighted by molar-refractivity contribution is 6.04. The van der Waals surface area contributed by atoms with E-state index in [0.29, 0.717) is 12.0 Å². The van der Waals surface area contributed by atoms with Gasteiger partial charge in [-0.25, -0.2) is 0 Å². The highest BCUT2D eigenvalue weighted by Crippen LogP contribution is 2.35. The summed E-state index contributed by atoms with van der Waals surface area (Å²) in [4.78, 5) is 12.5. The molecule has 1 amide bonds. The molecule has 0 heterocycles. The molecule has 3 aromatic rings. The van der Waals surface area contributed by atoms with Crippen molar-refractivity contribution in [1.82, 2.24) is 0 Å². The lowest BCUT2D eigenvalue weighted by atomic mass is 9.87. The highest BCUT2D eigenvalue weighted by Gasteiger charge is 2.27. The minimum absolute atomic E-state index is 0.141. The zero-order valence-electron chi connectivity index (χ0n) is 18.1. The van der Waals surface area contributed by atoms with E-state index in [-0.39, 0.29) is 24.5 Å². The minimum Gasteiger partial charge on any atom is -0.491 e. The predicted molar refractivity (Wildman–Crippen MR) is 127 cm³/mol. The van der Waals surface area contributed by atoms with Crippen LogP contribution >= 0.6 is 0 Å². The fraction of sp³-hybridized carbons (Fsp3) is 0.296. The Kier molecular flexibility index (Phi) is 7.20. The summed E-state index contributed by atoms with van der Waals surface area (Å²) in [6, 6.07) is 24.5. The number of para-hydroxylation sites is 1. The molecule has 0 aliphatic heterocycles. The standard InChI is InChI=1S/C27H30N2O3/c28-26-21(16-23(30)18-32-24-12-5-2-6-13-24)11-7-10-19-14-15-22(17-25(19)26)29-27(31)20-8-3-1-4-9-20/h1-6,8-9,12-15,17,21,23,26,30H,7,10-11,16,18,28H2,(H,29,31)/t21?,23-,26?/m0/s1. The van der Waals surface area contributed by atoms with Crippen molar-refractivity contribution < 1.29 is 14.6 Å². The summed E-state index contributed by atoms with van der Waals surface area (Å²) >= 11 is 0. The monoisotopic (exact) mass is 430 g/mol. The summed E-state index contributed by atoms with van der Waals surface area (Å²) in [6.07, 6.45) is 2.91. The molecule has 4 N–H and O–H groups in total. The van der Waals surface area contributed by atoms with E-state index in [1.165, 1.54) is 5.56 Å². The molecule has 2 unspecified atom stereocenters. The molecule has 0 fully saturated rings. The van der Waals surface area contributed by atoms with Gasteiger partial charge in [0.2, 0.25) is 0 Å². The number of carbonyl (C=O) groups is 1. The molecule has 3 aromatic carbocycles. The molecular weight excluding hydrogens is 400 g/mol. The molecule has 4 rings (SSSR count).